The summed E-state index contributed by atoms with van der Waals surface area (Å²) in [5.41, 5.74) is 5.25. The maximum atomic E-state index is 10.7. The van der Waals surface area contributed by atoms with Crippen LogP contribution in [-0.4, -0.2) is 38.0 Å². The van der Waals surface area contributed by atoms with Crippen LogP contribution in [0.5, 0.6) is 0 Å². The molecule has 0 spiro atoms. The fourth-order valence-corrected chi connectivity index (χ4v) is 0.651. The number of rotatable bonds is 6. The van der Waals surface area contributed by atoms with Gasteiger partial charge in [-0.2, -0.15) is 0 Å². The van der Waals surface area contributed by atoms with Crippen molar-refractivity contribution in [3.8, 4) is 0 Å². The highest BCUT2D eigenvalue weighted by Gasteiger charge is 2.04. The molecular weight excluding hydrogens is 220 g/mol. The Hall–Kier alpha value is -0.940. The molecular formula is C12H26N2O3. The van der Waals surface area contributed by atoms with Crippen LogP contribution in [0, 0.1) is 5.92 Å². The number of carbonyl (C=O) groups is 2. The first kappa shape index (κ1) is 18.4. The minimum atomic E-state index is -0.278. The fraction of sp³-hybridized carbons (Fsp3) is 0.833. The fourth-order valence-electron chi connectivity index (χ4n) is 0.651. The first-order valence-corrected chi connectivity index (χ1v) is 5.93. The largest absolute Gasteiger partial charge is 0.462 e. The van der Waals surface area contributed by atoms with Gasteiger partial charge in [-0.3, -0.25) is 4.79 Å². The van der Waals surface area contributed by atoms with Gasteiger partial charge in [0.1, 0.15) is 6.29 Å². The van der Waals surface area contributed by atoms with Crippen LogP contribution in [0.25, 0.3) is 0 Å². The van der Waals surface area contributed by atoms with Crippen LogP contribution < -0.4 is 11.1 Å². The van der Waals surface area contributed by atoms with Crippen molar-refractivity contribution in [3.05, 3.63) is 0 Å². The van der Waals surface area contributed by atoms with Gasteiger partial charge in [-0.05, 0) is 26.3 Å². The van der Waals surface area contributed by atoms with E-state index in [1.807, 2.05) is 27.7 Å². The van der Waals surface area contributed by atoms with E-state index in [-0.39, 0.29) is 24.0 Å². The minimum absolute atomic E-state index is 0.0425. The first-order valence-electron chi connectivity index (χ1n) is 5.93. The summed E-state index contributed by atoms with van der Waals surface area (Å²) in [6, 6.07) is -0.278. The number of ether oxygens (including phenoxy) is 1. The quantitative estimate of drug-likeness (QED) is 0.533. The van der Waals surface area contributed by atoms with Gasteiger partial charge in [0.15, 0.2) is 0 Å². The molecule has 0 saturated carbocycles. The summed E-state index contributed by atoms with van der Waals surface area (Å²) in [6.45, 7) is 7.99. The van der Waals surface area contributed by atoms with Crippen molar-refractivity contribution in [1.29, 1.82) is 0 Å². The van der Waals surface area contributed by atoms with E-state index >= 15 is 0 Å². The Morgan fingerprint density at radius 3 is 2.18 bits per heavy atom. The van der Waals surface area contributed by atoms with Crippen molar-refractivity contribution in [3.63, 3.8) is 0 Å². The second kappa shape index (κ2) is 11.5. The summed E-state index contributed by atoms with van der Waals surface area (Å²) in [6.07, 6.45) is 1.68. The van der Waals surface area contributed by atoms with Crippen molar-refractivity contribution in [1.82, 2.24) is 5.32 Å². The number of nitrogens with two attached hydrogens (primary N) is 1. The third kappa shape index (κ3) is 13.0. The van der Waals surface area contributed by atoms with Gasteiger partial charge in [0, 0.05) is 0 Å². The highest BCUT2D eigenvalue weighted by Crippen LogP contribution is 1.94. The molecule has 0 aliphatic rings. The van der Waals surface area contributed by atoms with Crippen LogP contribution in [0.3, 0.4) is 0 Å². The van der Waals surface area contributed by atoms with E-state index in [0.29, 0.717) is 6.54 Å². The lowest BCUT2D eigenvalue weighted by Crippen LogP contribution is -2.27. The summed E-state index contributed by atoms with van der Waals surface area (Å²) in [5.74, 6) is 0.0920. The number of nitrogens with one attached hydrogen (secondary N) is 1. The predicted molar refractivity (Wildman–Crippen MR) is 68.6 cm³/mol. The number of esters is 1. The third-order valence-corrected chi connectivity index (χ3v) is 2.16. The molecule has 0 rings (SSSR count). The first-order chi connectivity index (χ1) is 7.88. The Morgan fingerprint density at radius 2 is 1.94 bits per heavy atom. The average Bonchev–Trinajstić information content (AvgIpc) is 2.28. The van der Waals surface area contributed by atoms with Crippen LogP contribution >= 0.6 is 0 Å². The second-order valence-corrected chi connectivity index (χ2v) is 4.20. The lowest BCUT2D eigenvalue weighted by molar-refractivity contribution is -0.147. The molecule has 5 nitrogen and oxygen atoms in total. The number of aldehydes is 1. The minimum Gasteiger partial charge on any atom is -0.462 e. The van der Waals surface area contributed by atoms with Gasteiger partial charge < -0.3 is 20.6 Å². The molecule has 0 aromatic carbocycles. The Kier molecular flexibility index (Phi) is 12.5. The lowest BCUT2D eigenvalue weighted by atomic mass is 10.1. The Bertz CT molecular complexity index is 208. The summed E-state index contributed by atoms with van der Waals surface area (Å²) in [4.78, 5) is 20.5. The molecule has 0 heterocycles. The number of hydrogen-bond acceptors (Lipinski definition) is 5. The zero-order valence-corrected chi connectivity index (χ0v) is 11.5. The van der Waals surface area contributed by atoms with Gasteiger partial charge in [0.05, 0.1) is 18.7 Å². The number of hydrogen-bond donors (Lipinski definition) is 2. The molecule has 0 aromatic heterocycles. The maximum Gasteiger partial charge on any atom is 0.320 e. The highest BCUT2D eigenvalue weighted by atomic mass is 16.5. The monoisotopic (exact) mass is 246 g/mol. The molecule has 17 heavy (non-hydrogen) atoms. The Labute approximate surface area is 104 Å². The van der Waals surface area contributed by atoms with Gasteiger partial charge in [0.25, 0.3) is 0 Å². The van der Waals surface area contributed by atoms with E-state index in [4.69, 9.17) is 10.5 Å². The molecule has 0 fully saturated rings. The van der Waals surface area contributed by atoms with Crippen LogP contribution in [-0.2, 0) is 14.3 Å². The lowest BCUT2D eigenvalue weighted by Gasteiger charge is -2.09. The molecule has 0 aliphatic carbocycles. The van der Waals surface area contributed by atoms with Gasteiger partial charge in [-0.25, -0.2) is 0 Å². The van der Waals surface area contributed by atoms with Crippen molar-refractivity contribution < 1.29 is 14.3 Å². The summed E-state index contributed by atoms with van der Waals surface area (Å²) in [5, 5.41) is 2.72. The van der Waals surface area contributed by atoms with E-state index in [1.54, 1.807) is 7.05 Å². The Morgan fingerprint density at radius 1 is 1.41 bits per heavy atom. The van der Waals surface area contributed by atoms with E-state index in [9.17, 15) is 9.59 Å². The molecule has 3 N–H and O–H groups in total. The van der Waals surface area contributed by atoms with Crippen LogP contribution in [0.15, 0.2) is 0 Å². The van der Waals surface area contributed by atoms with Crippen molar-refractivity contribution in [2.75, 3.05) is 13.6 Å². The summed E-state index contributed by atoms with van der Waals surface area (Å²) in [7, 11) is 1.72. The van der Waals surface area contributed by atoms with Gasteiger partial charge >= 0.3 is 5.97 Å². The zero-order chi connectivity index (χ0) is 13.8. The van der Waals surface area contributed by atoms with E-state index in [2.05, 4.69) is 5.32 Å². The van der Waals surface area contributed by atoms with Crippen LogP contribution in [0.4, 0.5) is 0 Å². The average molecular weight is 246 g/mol. The SMILES string of the molecule is CC(C)C(N)C=O.CCC(C)OC(=O)CNC. The molecule has 0 radical (unpaired) electrons. The molecule has 2 atom stereocenters. The number of likely N-dealkylation sites (N-methyl/N-ethyl adjacent to an activating group) is 1. The van der Waals surface area contributed by atoms with Gasteiger partial charge in [-0.1, -0.05) is 20.8 Å². The van der Waals surface area contributed by atoms with Gasteiger partial charge in [-0.15, -0.1) is 0 Å². The molecule has 0 aromatic rings. The molecule has 0 amide bonds. The predicted octanol–water partition coefficient (Wildman–Crippen LogP) is 0.716. The van der Waals surface area contributed by atoms with E-state index in [0.717, 1.165) is 12.7 Å². The third-order valence-electron chi connectivity index (χ3n) is 2.16. The van der Waals surface area contributed by atoms with E-state index < -0.39 is 0 Å². The van der Waals surface area contributed by atoms with Crippen LogP contribution in [0.1, 0.15) is 34.1 Å². The van der Waals surface area contributed by atoms with Crippen LogP contribution in [0.2, 0.25) is 0 Å². The molecule has 0 saturated heterocycles. The molecule has 0 aliphatic heterocycles. The number of carbonyl (C=O) groups excluding carboxylic acids is 2. The molecule has 5 heteroatoms. The van der Waals surface area contributed by atoms with Crippen molar-refractivity contribution in [2.45, 2.75) is 46.3 Å². The second-order valence-electron chi connectivity index (χ2n) is 4.20. The smallest absolute Gasteiger partial charge is 0.320 e. The molecule has 2 unspecified atom stereocenters. The summed E-state index contributed by atoms with van der Waals surface area (Å²) >= 11 is 0. The zero-order valence-electron chi connectivity index (χ0n) is 11.5. The van der Waals surface area contributed by atoms with Gasteiger partial charge in [0.2, 0.25) is 0 Å². The van der Waals surface area contributed by atoms with Crippen molar-refractivity contribution in [2.24, 2.45) is 11.7 Å². The topological polar surface area (TPSA) is 81.4 Å². The Balaban J connectivity index is 0. The van der Waals surface area contributed by atoms with Crippen molar-refractivity contribution >= 4 is 12.3 Å². The normalized spacial score (nSPS) is 13.4. The highest BCUT2D eigenvalue weighted by molar-refractivity contribution is 5.71. The molecule has 102 valence electrons. The molecule has 0 bridgehead atoms. The standard InChI is InChI=1S/C7H15NO2.C5H11NO/c1-4-6(2)10-7(9)5-8-3;1-4(2)5(6)3-7/h6,8H,4-5H2,1-3H3;3-5H,6H2,1-2H3. The van der Waals surface area contributed by atoms with E-state index in [1.165, 1.54) is 0 Å². The summed E-state index contributed by atoms with van der Waals surface area (Å²) < 4.78 is 4.94. The maximum absolute atomic E-state index is 10.7.